The van der Waals surface area contributed by atoms with E-state index in [4.69, 9.17) is 9.26 Å². The van der Waals surface area contributed by atoms with Gasteiger partial charge in [0.25, 0.3) is 11.5 Å². The number of benzene rings is 2. The Labute approximate surface area is 193 Å². The lowest BCUT2D eigenvalue weighted by molar-refractivity contribution is -0.384. The van der Waals surface area contributed by atoms with Crippen LogP contribution in [0.2, 0.25) is 0 Å². The van der Waals surface area contributed by atoms with Crippen LogP contribution in [0.4, 0.5) is 11.5 Å². The lowest BCUT2D eigenvalue weighted by Gasteiger charge is -2.22. The Bertz CT molecular complexity index is 1320. The molecule has 10 heteroatoms. The van der Waals surface area contributed by atoms with E-state index in [0.29, 0.717) is 18.1 Å². The van der Waals surface area contributed by atoms with Gasteiger partial charge in [0.15, 0.2) is 5.82 Å². The van der Waals surface area contributed by atoms with E-state index in [1.165, 1.54) is 42.5 Å². The number of nitrogens with zero attached hydrogens (tertiary/aromatic N) is 3. The van der Waals surface area contributed by atoms with Crippen molar-refractivity contribution in [1.82, 2.24) is 5.16 Å². The lowest BCUT2D eigenvalue weighted by Crippen LogP contribution is -2.29. The zero-order chi connectivity index (χ0) is 24.4. The first kappa shape index (κ1) is 22.5. The van der Waals surface area contributed by atoms with Crippen molar-refractivity contribution < 1.29 is 28.9 Å². The largest absolute Gasteiger partial charge is 0.507 e. The maximum Gasteiger partial charge on any atom is 0.301 e. The number of aromatic nitrogens is 1. The molecule has 0 unspecified atom stereocenters. The van der Waals surface area contributed by atoms with Gasteiger partial charge in [0.05, 0.1) is 16.5 Å². The second-order valence-corrected chi connectivity index (χ2v) is 7.44. The van der Waals surface area contributed by atoms with E-state index in [-0.39, 0.29) is 28.2 Å². The highest BCUT2D eigenvalue weighted by Crippen LogP contribution is 2.42. The smallest absolute Gasteiger partial charge is 0.301 e. The van der Waals surface area contributed by atoms with Gasteiger partial charge in [-0.05, 0) is 36.8 Å². The summed E-state index contributed by atoms with van der Waals surface area (Å²) in [4.78, 5) is 37.9. The number of hydrogen-bond donors (Lipinski definition) is 1. The summed E-state index contributed by atoms with van der Waals surface area (Å²) in [6, 6.07) is 12.1. The third-order valence-corrected chi connectivity index (χ3v) is 5.20. The molecule has 2 heterocycles. The number of ketones is 1. The lowest BCUT2D eigenvalue weighted by atomic mass is 9.95. The van der Waals surface area contributed by atoms with E-state index in [0.717, 1.165) is 4.90 Å². The van der Waals surface area contributed by atoms with Crippen molar-refractivity contribution in [3.05, 3.63) is 99.8 Å². The van der Waals surface area contributed by atoms with Crippen LogP contribution in [0, 0.1) is 17.0 Å². The van der Waals surface area contributed by atoms with Gasteiger partial charge in [-0.25, -0.2) is 0 Å². The summed E-state index contributed by atoms with van der Waals surface area (Å²) in [7, 11) is 0. The maximum absolute atomic E-state index is 13.1. The first-order chi connectivity index (χ1) is 16.3. The van der Waals surface area contributed by atoms with Crippen LogP contribution in [-0.2, 0) is 9.59 Å². The second-order valence-electron chi connectivity index (χ2n) is 7.44. The molecule has 34 heavy (non-hydrogen) atoms. The molecule has 0 spiro atoms. The minimum atomic E-state index is -1.17. The van der Waals surface area contributed by atoms with Gasteiger partial charge < -0.3 is 14.4 Å². The van der Waals surface area contributed by atoms with Crippen molar-refractivity contribution in [2.75, 3.05) is 11.5 Å². The number of non-ortho nitro benzene ring substituents is 1. The molecule has 0 radical (unpaired) electrons. The maximum atomic E-state index is 13.1. The fourth-order valence-corrected chi connectivity index (χ4v) is 3.68. The fourth-order valence-electron chi connectivity index (χ4n) is 3.68. The Hall–Kier alpha value is -4.73. The molecule has 3 aromatic rings. The van der Waals surface area contributed by atoms with Gasteiger partial charge >= 0.3 is 5.91 Å². The standard InChI is InChI=1S/C24H19N3O7/c1-3-11-33-18-9-7-15(8-10-18)22(28)20-21(16-5-4-6-17(13-16)27(31)32)26(24(30)23(20)29)19-12-14(2)34-25-19/h3-10,12-13,21,28H,1,11H2,2H3/b22-20+/t21-/m1/s1. The predicted molar refractivity (Wildman–Crippen MR) is 121 cm³/mol. The van der Waals surface area contributed by atoms with Crippen molar-refractivity contribution in [2.24, 2.45) is 0 Å². The highest BCUT2D eigenvalue weighted by Gasteiger charge is 2.48. The van der Waals surface area contributed by atoms with E-state index >= 15 is 0 Å². The van der Waals surface area contributed by atoms with Crippen LogP contribution in [0.25, 0.3) is 5.76 Å². The third-order valence-electron chi connectivity index (χ3n) is 5.20. The normalized spacial score (nSPS) is 17.1. The summed E-state index contributed by atoms with van der Waals surface area (Å²) in [6.45, 7) is 5.49. The minimum absolute atomic E-state index is 0.0447. The molecule has 1 aliphatic heterocycles. The Morgan fingerprint density at radius 3 is 2.62 bits per heavy atom. The van der Waals surface area contributed by atoms with Gasteiger partial charge in [-0.2, -0.15) is 0 Å². The number of aryl methyl sites for hydroxylation is 1. The van der Waals surface area contributed by atoms with Crippen LogP contribution < -0.4 is 9.64 Å². The van der Waals surface area contributed by atoms with Gasteiger partial charge in [0.1, 0.15) is 23.9 Å². The molecule has 1 aliphatic rings. The first-order valence-electron chi connectivity index (χ1n) is 10.1. The molecule has 1 fully saturated rings. The molecule has 1 aromatic heterocycles. The number of nitro groups is 1. The molecule has 0 bridgehead atoms. The van der Waals surface area contributed by atoms with Crippen molar-refractivity contribution in [1.29, 1.82) is 0 Å². The molecule has 0 aliphatic carbocycles. The number of amides is 1. The summed E-state index contributed by atoms with van der Waals surface area (Å²) in [6.07, 6.45) is 1.58. The van der Waals surface area contributed by atoms with E-state index in [1.807, 2.05) is 0 Å². The number of aliphatic hydroxyl groups is 1. The summed E-state index contributed by atoms with van der Waals surface area (Å²) in [5, 5.41) is 26.3. The van der Waals surface area contributed by atoms with Crippen molar-refractivity contribution in [3.8, 4) is 5.75 Å². The van der Waals surface area contributed by atoms with Crippen LogP contribution in [0.1, 0.15) is 22.9 Å². The number of carbonyl (C=O) groups excluding carboxylic acids is 2. The average molecular weight is 461 g/mol. The molecule has 10 nitrogen and oxygen atoms in total. The highest BCUT2D eigenvalue weighted by molar-refractivity contribution is 6.51. The van der Waals surface area contributed by atoms with Crippen LogP contribution >= 0.6 is 0 Å². The summed E-state index contributed by atoms with van der Waals surface area (Å²) >= 11 is 0. The second kappa shape index (κ2) is 9.02. The molecule has 1 atom stereocenters. The molecule has 1 saturated heterocycles. The number of hydrogen-bond acceptors (Lipinski definition) is 8. The number of Topliss-reactive ketones (excluding diaryl/α,β-unsaturated/α-hetero) is 1. The third kappa shape index (κ3) is 4.04. The number of ether oxygens (including phenoxy) is 1. The van der Waals surface area contributed by atoms with Crippen LogP contribution in [0.5, 0.6) is 5.75 Å². The molecule has 1 amide bonds. The van der Waals surface area contributed by atoms with Crippen LogP contribution in [0.15, 0.2) is 77.3 Å². The van der Waals surface area contributed by atoms with Gasteiger partial charge in [0, 0.05) is 23.8 Å². The molecular weight excluding hydrogens is 442 g/mol. The molecule has 2 aromatic carbocycles. The van der Waals surface area contributed by atoms with Gasteiger partial charge in [-0.1, -0.05) is 29.9 Å². The number of rotatable bonds is 7. The minimum Gasteiger partial charge on any atom is -0.507 e. The van der Waals surface area contributed by atoms with Crippen LogP contribution in [0.3, 0.4) is 0 Å². The summed E-state index contributed by atoms with van der Waals surface area (Å²) < 4.78 is 10.5. The van der Waals surface area contributed by atoms with Crippen LogP contribution in [-0.4, -0.2) is 33.5 Å². The molecule has 172 valence electrons. The zero-order valence-electron chi connectivity index (χ0n) is 18.0. The number of carbonyl (C=O) groups is 2. The topological polar surface area (TPSA) is 136 Å². The quantitative estimate of drug-likeness (QED) is 0.139. The molecule has 4 rings (SSSR count). The number of nitro benzene ring substituents is 1. The SMILES string of the molecule is C=CCOc1ccc(/C(O)=C2\C(=O)C(=O)N(c3cc(C)on3)[C@@H]2c2cccc([N+](=O)[O-])c2)cc1. The van der Waals surface area contributed by atoms with Gasteiger partial charge in [0.2, 0.25) is 0 Å². The van der Waals surface area contributed by atoms with E-state index in [2.05, 4.69) is 11.7 Å². The molecule has 1 N–H and O–H groups in total. The van der Waals surface area contributed by atoms with E-state index in [9.17, 15) is 24.8 Å². The highest BCUT2D eigenvalue weighted by atomic mass is 16.6. The summed E-state index contributed by atoms with van der Waals surface area (Å²) in [5.74, 6) is -1.38. The number of aliphatic hydroxyl groups excluding tert-OH is 1. The predicted octanol–water partition coefficient (Wildman–Crippen LogP) is 4.08. The van der Waals surface area contributed by atoms with Gasteiger partial charge in [-0.3, -0.25) is 24.6 Å². The number of anilines is 1. The fraction of sp³-hybridized carbons (Fsp3) is 0.125. The molecular formula is C24H19N3O7. The molecule has 0 saturated carbocycles. The Kier molecular flexibility index (Phi) is 5.96. The Morgan fingerprint density at radius 2 is 2.00 bits per heavy atom. The van der Waals surface area contributed by atoms with E-state index in [1.54, 1.807) is 25.1 Å². The van der Waals surface area contributed by atoms with Gasteiger partial charge in [-0.15, -0.1) is 0 Å². The van der Waals surface area contributed by atoms with Crippen molar-refractivity contribution in [3.63, 3.8) is 0 Å². The summed E-state index contributed by atoms with van der Waals surface area (Å²) in [5.41, 5.74) is 0.0475. The zero-order valence-corrected chi connectivity index (χ0v) is 18.0. The van der Waals surface area contributed by atoms with E-state index < -0.39 is 28.4 Å². The van der Waals surface area contributed by atoms with Crippen molar-refractivity contribution >= 4 is 29.0 Å². The first-order valence-corrected chi connectivity index (χ1v) is 10.1. The Balaban J connectivity index is 1.87. The van der Waals surface area contributed by atoms with Crippen molar-refractivity contribution in [2.45, 2.75) is 13.0 Å². The average Bonchev–Trinajstić information content (AvgIpc) is 3.38. The Morgan fingerprint density at radius 1 is 1.26 bits per heavy atom. The monoisotopic (exact) mass is 461 g/mol.